The van der Waals surface area contributed by atoms with Crippen LogP contribution in [0.15, 0.2) is 24.3 Å². The van der Waals surface area contributed by atoms with Crippen LogP contribution in [0.2, 0.25) is 0 Å². The van der Waals surface area contributed by atoms with Crippen LogP contribution >= 0.6 is 0 Å². The molecule has 94 valence electrons. The molecule has 1 aliphatic rings. The maximum absolute atomic E-state index is 11.5. The van der Waals surface area contributed by atoms with Crippen LogP contribution in [-0.2, 0) is 29.0 Å². The lowest BCUT2D eigenvalue weighted by molar-refractivity contribution is -0.141. The zero-order valence-electron chi connectivity index (χ0n) is 10.4. The zero-order chi connectivity index (χ0) is 12.5. The lowest BCUT2D eigenvalue weighted by Crippen LogP contribution is -2.25. The van der Waals surface area contributed by atoms with Crippen molar-refractivity contribution in [2.24, 2.45) is 0 Å². The number of carbonyl (C=O) groups excluding carboxylic acids is 1. The third kappa shape index (κ3) is 1.69. The minimum absolute atomic E-state index is 0.197. The van der Waals surface area contributed by atoms with Crippen molar-refractivity contribution < 1.29 is 9.53 Å². The summed E-state index contributed by atoms with van der Waals surface area (Å²) < 4.78 is 6.88. The standard InChI is InChI=1S/C14H16N2O2/c1-18-14(17)9-16-12-5-3-2-4-10(12)11-8-15-7-6-13(11)16/h2-5,15H,6-9H2,1H3. The molecule has 0 saturated carbocycles. The number of para-hydroxylation sites is 1. The van der Waals surface area contributed by atoms with Crippen LogP contribution in [0.1, 0.15) is 11.3 Å². The third-order valence-electron chi connectivity index (χ3n) is 3.55. The topological polar surface area (TPSA) is 43.3 Å². The van der Waals surface area contributed by atoms with Gasteiger partial charge in [0.25, 0.3) is 0 Å². The van der Waals surface area contributed by atoms with Gasteiger partial charge >= 0.3 is 5.97 Å². The summed E-state index contributed by atoms with van der Waals surface area (Å²) in [4.78, 5) is 11.5. The second kappa shape index (κ2) is 4.46. The van der Waals surface area contributed by atoms with Crippen molar-refractivity contribution in [1.29, 1.82) is 0 Å². The van der Waals surface area contributed by atoms with E-state index >= 15 is 0 Å². The fourth-order valence-corrected chi connectivity index (χ4v) is 2.71. The first-order chi connectivity index (χ1) is 8.81. The van der Waals surface area contributed by atoms with Gasteiger partial charge in [-0.25, -0.2) is 0 Å². The molecule has 0 saturated heterocycles. The summed E-state index contributed by atoms with van der Waals surface area (Å²) >= 11 is 0. The molecule has 1 aliphatic heterocycles. The van der Waals surface area contributed by atoms with Gasteiger partial charge in [0, 0.05) is 36.1 Å². The van der Waals surface area contributed by atoms with Crippen LogP contribution in [0.25, 0.3) is 10.9 Å². The predicted octanol–water partition coefficient (Wildman–Crippen LogP) is 1.46. The summed E-state index contributed by atoms with van der Waals surface area (Å²) in [6, 6.07) is 8.24. The molecule has 2 heterocycles. The minimum atomic E-state index is -0.197. The van der Waals surface area contributed by atoms with Crippen molar-refractivity contribution in [2.45, 2.75) is 19.5 Å². The molecule has 18 heavy (non-hydrogen) atoms. The zero-order valence-corrected chi connectivity index (χ0v) is 10.4. The molecule has 0 amide bonds. The second-order valence-corrected chi connectivity index (χ2v) is 4.53. The largest absolute Gasteiger partial charge is 0.468 e. The van der Waals surface area contributed by atoms with Gasteiger partial charge in [0.1, 0.15) is 6.54 Å². The first-order valence-electron chi connectivity index (χ1n) is 6.18. The molecule has 0 fully saturated rings. The van der Waals surface area contributed by atoms with Gasteiger partial charge in [-0.15, -0.1) is 0 Å². The van der Waals surface area contributed by atoms with Crippen LogP contribution in [0.4, 0.5) is 0 Å². The SMILES string of the molecule is COC(=O)Cn1c2c(c3ccccc31)CNCC2. The number of carbonyl (C=O) groups is 1. The average Bonchev–Trinajstić information content (AvgIpc) is 2.74. The molecule has 4 nitrogen and oxygen atoms in total. The van der Waals surface area contributed by atoms with E-state index in [-0.39, 0.29) is 5.97 Å². The summed E-state index contributed by atoms with van der Waals surface area (Å²) in [7, 11) is 1.43. The van der Waals surface area contributed by atoms with Crippen LogP contribution in [0.5, 0.6) is 0 Å². The molecule has 2 aromatic rings. The number of ether oxygens (including phenoxy) is 1. The third-order valence-corrected chi connectivity index (χ3v) is 3.55. The molecule has 0 unspecified atom stereocenters. The number of hydrogen-bond donors (Lipinski definition) is 1. The fourth-order valence-electron chi connectivity index (χ4n) is 2.71. The molecule has 0 aliphatic carbocycles. The van der Waals surface area contributed by atoms with E-state index in [1.54, 1.807) is 0 Å². The van der Waals surface area contributed by atoms with Crippen molar-refractivity contribution >= 4 is 16.9 Å². The van der Waals surface area contributed by atoms with E-state index in [1.165, 1.54) is 23.8 Å². The number of methoxy groups -OCH3 is 1. The van der Waals surface area contributed by atoms with Crippen molar-refractivity contribution in [2.75, 3.05) is 13.7 Å². The number of benzene rings is 1. The second-order valence-electron chi connectivity index (χ2n) is 4.53. The smallest absolute Gasteiger partial charge is 0.325 e. The van der Waals surface area contributed by atoms with Gasteiger partial charge in [-0.05, 0) is 11.6 Å². The molecule has 0 atom stereocenters. The first-order valence-corrected chi connectivity index (χ1v) is 6.18. The average molecular weight is 244 g/mol. The summed E-state index contributed by atoms with van der Waals surface area (Å²) in [5.74, 6) is -0.197. The maximum Gasteiger partial charge on any atom is 0.325 e. The molecular formula is C14H16N2O2. The number of nitrogens with one attached hydrogen (secondary N) is 1. The summed E-state index contributed by atoms with van der Waals surface area (Å²) in [6.07, 6.45) is 0.959. The van der Waals surface area contributed by atoms with E-state index in [4.69, 9.17) is 4.74 Å². The Hall–Kier alpha value is -1.81. The van der Waals surface area contributed by atoms with Gasteiger partial charge in [-0.2, -0.15) is 0 Å². The Labute approximate surface area is 106 Å². The normalized spacial score (nSPS) is 14.5. The van der Waals surface area contributed by atoms with E-state index in [1.807, 2.05) is 12.1 Å². The van der Waals surface area contributed by atoms with Crippen LogP contribution < -0.4 is 5.32 Å². The molecule has 1 N–H and O–H groups in total. The van der Waals surface area contributed by atoms with Crippen LogP contribution in [0, 0.1) is 0 Å². The molecular weight excluding hydrogens is 228 g/mol. The Kier molecular flexibility index (Phi) is 2.80. The molecule has 0 spiro atoms. The van der Waals surface area contributed by atoms with Crippen molar-refractivity contribution in [3.8, 4) is 0 Å². The van der Waals surface area contributed by atoms with Gasteiger partial charge in [0.2, 0.25) is 0 Å². The number of rotatable bonds is 2. The highest BCUT2D eigenvalue weighted by atomic mass is 16.5. The van der Waals surface area contributed by atoms with E-state index in [0.717, 1.165) is 25.0 Å². The maximum atomic E-state index is 11.5. The Morgan fingerprint density at radius 3 is 3.11 bits per heavy atom. The van der Waals surface area contributed by atoms with E-state index in [9.17, 15) is 4.79 Å². The number of fused-ring (bicyclic) bond motifs is 3. The Morgan fingerprint density at radius 1 is 1.44 bits per heavy atom. The van der Waals surface area contributed by atoms with Gasteiger partial charge in [-0.1, -0.05) is 18.2 Å². The first kappa shape index (κ1) is 11.3. The monoisotopic (exact) mass is 244 g/mol. The number of nitrogens with zero attached hydrogens (tertiary/aromatic N) is 1. The predicted molar refractivity (Wildman–Crippen MR) is 69.4 cm³/mol. The lowest BCUT2D eigenvalue weighted by Gasteiger charge is -2.16. The number of aromatic nitrogens is 1. The summed E-state index contributed by atoms with van der Waals surface area (Å²) in [5.41, 5.74) is 3.71. The molecule has 3 rings (SSSR count). The molecule has 0 radical (unpaired) electrons. The van der Waals surface area contributed by atoms with Gasteiger partial charge < -0.3 is 14.6 Å². The Morgan fingerprint density at radius 2 is 2.28 bits per heavy atom. The Bertz CT molecular complexity index is 601. The Balaban J connectivity index is 2.19. The van der Waals surface area contributed by atoms with Crippen molar-refractivity contribution in [3.05, 3.63) is 35.5 Å². The van der Waals surface area contributed by atoms with E-state index in [0.29, 0.717) is 6.54 Å². The fraction of sp³-hybridized carbons (Fsp3) is 0.357. The highest BCUT2D eigenvalue weighted by Crippen LogP contribution is 2.28. The molecule has 1 aromatic carbocycles. The van der Waals surface area contributed by atoms with Crippen LogP contribution in [0.3, 0.4) is 0 Å². The van der Waals surface area contributed by atoms with E-state index in [2.05, 4.69) is 22.0 Å². The van der Waals surface area contributed by atoms with Crippen molar-refractivity contribution in [3.63, 3.8) is 0 Å². The molecule has 1 aromatic heterocycles. The molecule has 0 bridgehead atoms. The van der Waals surface area contributed by atoms with Crippen LogP contribution in [-0.4, -0.2) is 24.2 Å². The quantitative estimate of drug-likeness (QED) is 0.813. The van der Waals surface area contributed by atoms with Gasteiger partial charge in [-0.3, -0.25) is 4.79 Å². The summed E-state index contributed by atoms with van der Waals surface area (Å²) in [5, 5.41) is 4.62. The van der Waals surface area contributed by atoms with Gasteiger partial charge in [0.15, 0.2) is 0 Å². The van der Waals surface area contributed by atoms with E-state index < -0.39 is 0 Å². The highest BCUT2D eigenvalue weighted by molar-refractivity contribution is 5.87. The minimum Gasteiger partial charge on any atom is -0.468 e. The summed E-state index contributed by atoms with van der Waals surface area (Å²) in [6.45, 7) is 2.14. The van der Waals surface area contributed by atoms with Crippen molar-refractivity contribution in [1.82, 2.24) is 9.88 Å². The highest BCUT2D eigenvalue weighted by Gasteiger charge is 2.20. The molecule has 4 heteroatoms. The number of esters is 1. The van der Waals surface area contributed by atoms with Gasteiger partial charge in [0.05, 0.1) is 7.11 Å². The number of hydrogen-bond acceptors (Lipinski definition) is 3. The lowest BCUT2D eigenvalue weighted by atomic mass is 10.1.